The smallest absolute Gasteiger partial charge is 0.224 e. The van der Waals surface area contributed by atoms with Crippen LogP contribution in [0.1, 0.15) is 26.2 Å². The first kappa shape index (κ1) is 12.5. The molecule has 1 aliphatic heterocycles. The van der Waals surface area contributed by atoms with Crippen molar-refractivity contribution in [1.82, 2.24) is 10.6 Å². The Labute approximate surface area is 91.8 Å². The molecule has 0 saturated carbocycles. The second-order valence-corrected chi connectivity index (χ2v) is 4.11. The normalized spacial score (nSPS) is 23.5. The Hall–Kier alpha value is -0.610. The number of hydrogen-bond acceptors (Lipinski definition) is 3. The van der Waals surface area contributed by atoms with Crippen molar-refractivity contribution in [2.45, 2.75) is 32.2 Å². The van der Waals surface area contributed by atoms with Gasteiger partial charge in [-0.15, -0.1) is 0 Å². The minimum Gasteiger partial charge on any atom is -0.383 e. The monoisotopic (exact) mass is 214 g/mol. The number of nitrogens with one attached hydrogen (secondary N) is 2. The van der Waals surface area contributed by atoms with E-state index in [9.17, 15) is 4.79 Å². The van der Waals surface area contributed by atoms with E-state index in [0.29, 0.717) is 6.61 Å². The molecule has 0 spiro atoms. The van der Waals surface area contributed by atoms with Gasteiger partial charge < -0.3 is 15.4 Å². The molecule has 1 heterocycles. The number of piperidine rings is 1. The maximum atomic E-state index is 11.8. The number of ether oxygens (including phenoxy) is 1. The van der Waals surface area contributed by atoms with Crippen LogP contribution in [0, 0.1) is 5.92 Å². The van der Waals surface area contributed by atoms with Gasteiger partial charge in [-0.05, 0) is 25.8 Å². The van der Waals surface area contributed by atoms with Crippen molar-refractivity contribution >= 4 is 5.91 Å². The van der Waals surface area contributed by atoms with Gasteiger partial charge in [0, 0.05) is 13.7 Å². The molecule has 1 aliphatic rings. The average molecular weight is 214 g/mol. The van der Waals surface area contributed by atoms with Crippen molar-refractivity contribution in [2.24, 2.45) is 5.92 Å². The Kier molecular flexibility index (Phi) is 5.65. The van der Waals surface area contributed by atoms with Gasteiger partial charge in [-0.25, -0.2) is 0 Å². The van der Waals surface area contributed by atoms with Gasteiger partial charge in [-0.1, -0.05) is 6.92 Å². The molecule has 2 atom stereocenters. The molecule has 4 heteroatoms. The van der Waals surface area contributed by atoms with Crippen molar-refractivity contribution < 1.29 is 9.53 Å². The van der Waals surface area contributed by atoms with Crippen LogP contribution < -0.4 is 10.6 Å². The average Bonchev–Trinajstić information content (AvgIpc) is 2.29. The number of amides is 1. The predicted octanol–water partition coefficient (Wildman–Crippen LogP) is 0.527. The van der Waals surface area contributed by atoms with Crippen molar-refractivity contribution in [3.05, 3.63) is 0 Å². The van der Waals surface area contributed by atoms with Gasteiger partial charge >= 0.3 is 0 Å². The third kappa shape index (κ3) is 4.18. The van der Waals surface area contributed by atoms with Crippen molar-refractivity contribution in [3.8, 4) is 0 Å². The number of carbonyl (C=O) groups is 1. The highest BCUT2D eigenvalue weighted by molar-refractivity contribution is 5.79. The Bertz CT molecular complexity index is 191. The summed E-state index contributed by atoms with van der Waals surface area (Å²) in [6.07, 6.45) is 3.02. The van der Waals surface area contributed by atoms with Crippen LogP contribution in [0.4, 0.5) is 0 Å². The molecule has 0 aromatic rings. The van der Waals surface area contributed by atoms with E-state index in [1.54, 1.807) is 7.11 Å². The lowest BCUT2D eigenvalue weighted by atomic mass is 9.98. The van der Waals surface area contributed by atoms with Crippen LogP contribution in [-0.2, 0) is 9.53 Å². The molecule has 1 fully saturated rings. The molecule has 4 nitrogen and oxygen atoms in total. The lowest BCUT2D eigenvalue weighted by Crippen LogP contribution is -2.45. The van der Waals surface area contributed by atoms with Gasteiger partial charge in [0.15, 0.2) is 0 Å². The van der Waals surface area contributed by atoms with Crippen molar-refractivity contribution in [3.63, 3.8) is 0 Å². The van der Waals surface area contributed by atoms with Crippen LogP contribution in [0.5, 0.6) is 0 Å². The predicted molar refractivity (Wildman–Crippen MR) is 59.7 cm³/mol. The molecule has 2 N–H and O–H groups in total. The van der Waals surface area contributed by atoms with E-state index in [-0.39, 0.29) is 17.9 Å². The number of hydrogen-bond donors (Lipinski definition) is 2. The Balaban J connectivity index is 2.31. The second-order valence-electron chi connectivity index (χ2n) is 4.11. The van der Waals surface area contributed by atoms with Crippen LogP contribution in [0.2, 0.25) is 0 Å². The summed E-state index contributed by atoms with van der Waals surface area (Å²) in [5.41, 5.74) is 0. The topological polar surface area (TPSA) is 50.4 Å². The lowest BCUT2D eigenvalue weighted by molar-refractivity contribution is -0.126. The van der Waals surface area contributed by atoms with Gasteiger partial charge in [0.1, 0.15) is 0 Å². The molecule has 0 aliphatic carbocycles. The summed E-state index contributed by atoms with van der Waals surface area (Å²) in [4.78, 5) is 11.8. The van der Waals surface area contributed by atoms with E-state index in [0.717, 1.165) is 32.4 Å². The first-order valence-corrected chi connectivity index (χ1v) is 5.78. The van der Waals surface area contributed by atoms with Gasteiger partial charge in [-0.3, -0.25) is 4.79 Å². The molecule has 0 bridgehead atoms. The maximum Gasteiger partial charge on any atom is 0.224 e. The Morgan fingerprint density at radius 2 is 2.47 bits per heavy atom. The maximum absolute atomic E-state index is 11.8. The zero-order valence-corrected chi connectivity index (χ0v) is 9.71. The van der Waals surface area contributed by atoms with E-state index in [2.05, 4.69) is 17.6 Å². The van der Waals surface area contributed by atoms with Gasteiger partial charge in [0.05, 0.1) is 18.6 Å². The summed E-state index contributed by atoms with van der Waals surface area (Å²) >= 11 is 0. The second kappa shape index (κ2) is 6.80. The summed E-state index contributed by atoms with van der Waals surface area (Å²) < 4.78 is 5.05. The van der Waals surface area contributed by atoms with Crippen LogP contribution in [0.15, 0.2) is 0 Å². The summed E-state index contributed by atoms with van der Waals surface area (Å²) in [7, 11) is 1.66. The van der Waals surface area contributed by atoms with Crippen molar-refractivity contribution in [1.29, 1.82) is 0 Å². The molecule has 0 radical (unpaired) electrons. The van der Waals surface area contributed by atoms with Crippen LogP contribution in [-0.4, -0.2) is 38.8 Å². The number of carbonyl (C=O) groups excluding carboxylic acids is 1. The molecule has 1 amide bonds. The number of methoxy groups -OCH3 is 1. The minimum absolute atomic E-state index is 0.143. The van der Waals surface area contributed by atoms with Crippen molar-refractivity contribution in [2.75, 3.05) is 26.8 Å². The largest absolute Gasteiger partial charge is 0.383 e. The van der Waals surface area contributed by atoms with E-state index in [1.807, 2.05) is 0 Å². The van der Waals surface area contributed by atoms with Gasteiger partial charge in [0.2, 0.25) is 5.91 Å². The third-order valence-corrected chi connectivity index (χ3v) is 2.87. The molecule has 1 saturated heterocycles. The van der Waals surface area contributed by atoms with Gasteiger partial charge in [-0.2, -0.15) is 0 Å². The van der Waals surface area contributed by atoms with Crippen LogP contribution in [0.25, 0.3) is 0 Å². The molecule has 1 rings (SSSR count). The van der Waals surface area contributed by atoms with E-state index in [1.165, 1.54) is 0 Å². The van der Waals surface area contributed by atoms with E-state index >= 15 is 0 Å². The minimum atomic E-state index is 0.143. The fourth-order valence-electron chi connectivity index (χ4n) is 1.86. The van der Waals surface area contributed by atoms with E-state index < -0.39 is 0 Å². The molecular formula is C11H22N2O2. The summed E-state index contributed by atoms with van der Waals surface area (Å²) in [6, 6.07) is 0.157. The molecule has 88 valence electrons. The molecule has 0 aromatic carbocycles. The highest BCUT2D eigenvalue weighted by Gasteiger charge is 2.22. The Morgan fingerprint density at radius 1 is 1.67 bits per heavy atom. The quantitative estimate of drug-likeness (QED) is 0.702. The third-order valence-electron chi connectivity index (χ3n) is 2.87. The molecule has 15 heavy (non-hydrogen) atoms. The summed E-state index contributed by atoms with van der Waals surface area (Å²) in [6.45, 7) is 4.51. The standard InChI is InChI=1S/C11H22N2O2/c1-3-10(8-15-2)13-11(14)9-5-4-6-12-7-9/h9-10,12H,3-8H2,1-2H3,(H,13,14). The summed E-state index contributed by atoms with van der Waals surface area (Å²) in [5.74, 6) is 0.316. The fraction of sp³-hybridized carbons (Fsp3) is 0.909. The fourth-order valence-corrected chi connectivity index (χ4v) is 1.86. The van der Waals surface area contributed by atoms with Crippen LogP contribution >= 0.6 is 0 Å². The Morgan fingerprint density at radius 3 is 3.00 bits per heavy atom. The summed E-state index contributed by atoms with van der Waals surface area (Å²) in [5, 5.41) is 6.28. The molecule has 0 aromatic heterocycles. The highest BCUT2D eigenvalue weighted by Crippen LogP contribution is 2.10. The first-order chi connectivity index (χ1) is 7.27. The SMILES string of the molecule is CCC(COC)NC(=O)C1CCCNC1. The highest BCUT2D eigenvalue weighted by atomic mass is 16.5. The zero-order valence-electron chi connectivity index (χ0n) is 9.71. The van der Waals surface area contributed by atoms with Gasteiger partial charge in [0.25, 0.3) is 0 Å². The van der Waals surface area contributed by atoms with Crippen LogP contribution in [0.3, 0.4) is 0 Å². The number of rotatable bonds is 5. The van der Waals surface area contributed by atoms with E-state index in [4.69, 9.17) is 4.74 Å². The molecular weight excluding hydrogens is 192 g/mol. The lowest BCUT2D eigenvalue weighted by Gasteiger charge is -2.24. The zero-order chi connectivity index (χ0) is 11.1. The first-order valence-electron chi connectivity index (χ1n) is 5.78. The molecule has 2 unspecified atom stereocenters.